The third-order valence-electron chi connectivity index (χ3n) is 3.42. The first-order valence-corrected chi connectivity index (χ1v) is 8.34. The minimum absolute atomic E-state index is 0.288. The number of benzene rings is 1. The highest BCUT2D eigenvalue weighted by Gasteiger charge is 2.41. The van der Waals surface area contributed by atoms with E-state index in [4.69, 9.17) is 0 Å². The molecule has 3 aromatic rings. The molecule has 1 atom stereocenters. The number of aromatic nitrogens is 3. The first-order valence-electron chi connectivity index (χ1n) is 7.52. The van der Waals surface area contributed by atoms with Gasteiger partial charge in [0.25, 0.3) is 0 Å². The SMILES string of the molecule is OC(c1ncc(-c2cccc(Nc3nccc(C(F)(F)F)n3)c2)s1)C(F)(F)F. The summed E-state index contributed by atoms with van der Waals surface area (Å²) >= 11 is 0.653. The summed E-state index contributed by atoms with van der Waals surface area (Å²) in [4.78, 5) is 11.0. The number of nitrogens with one attached hydrogen (secondary N) is 1. The molecule has 3 rings (SSSR count). The Hall–Kier alpha value is -2.73. The Labute approximate surface area is 157 Å². The van der Waals surface area contributed by atoms with Crippen LogP contribution in [0.5, 0.6) is 0 Å². The zero-order valence-electron chi connectivity index (χ0n) is 13.6. The van der Waals surface area contributed by atoms with Crippen LogP contribution in [0.15, 0.2) is 42.7 Å². The number of hydrogen-bond acceptors (Lipinski definition) is 6. The molecule has 0 radical (unpaired) electrons. The molecule has 0 amide bonds. The van der Waals surface area contributed by atoms with Gasteiger partial charge in [-0.3, -0.25) is 0 Å². The first kappa shape index (κ1) is 20.0. The largest absolute Gasteiger partial charge is 0.433 e. The molecule has 1 unspecified atom stereocenters. The molecule has 28 heavy (non-hydrogen) atoms. The molecule has 12 heteroatoms. The van der Waals surface area contributed by atoms with Crippen LogP contribution in [0.1, 0.15) is 16.8 Å². The van der Waals surface area contributed by atoms with Crippen LogP contribution in [0, 0.1) is 0 Å². The lowest BCUT2D eigenvalue weighted by atomic mass is 10.2. The van der Waals surface area contributed by atoms with Crippen LogP contribution < -0.4 is 5.32 Å². The van der Waals surface area contributed by atoms with Gasteiger partial charge in [0.05, 0.1) is 4.88 Å². The molecule has 0 aliphatic rings. The van der Waals surface area contributed by atoms with E-state index < -0.39 is 29.2 Å². The maximum atomic E-state index is 12.7. The maximum Gasteiger partial charge on any atom is 0.433 e. The van der Waals surface area contributed by atoms with Gasteiger partial charge in [0.15, 0.2) is 0 Å². The number of hydrogen-bond donors (Lipinski definition) is 2. The summed E-state index contributed by atoms with van der Waals surface area (Å²) in [6, 6.07) is 6.87. The lowest BCUT2D eigenvalue weighted by Gasteiger charge is -2.11. The molecular weight excluding hydrogens is 410 g/mol. The average molecular weight is 420 g/mol. The van der Waals surface area contributed by atoms with Crippen molar-refractivity contribution in [1.82, 2.24) is 15.0 Å². The van der Waals surface area contributed by atoms with E-state index >= 15 is 0 Å². The van der Waals surface area contributed by atoms with Crippen molar-refractivity contribution in [2.75, 3.05) is 5.32 Å². The molecule has 2 aromatic heterocycles. The molecule has 0 spiro atoms. The Morgan fingerprint density at radius 2 is 1.79 bits per heavy atom. The van der Waals surface area contributed by atoms with Crippen molar-refractivity contribution in [2.45, 2.75) is 18.5 Å². The standard InChI is InChI=1S/C16H10F6N4OS/c17-15(18,19)11-4-5-23-14(26-11)25-9-3-1-2-8(6-9)10-7-24-13(28-10)12(27)16(20,21)22/h1-7,12,27H,(H,23,25,26). The highest BCUT2D eigenvalue weighted by molar-refractivity contribution is 7.15. The van der Waals surface area contributed by atoms with Gasteiger partial charge in [0.1, 0.15) is 10.7 Å². The summed E-state index contributed by atoms with van der Waals surface area (Å²) in [7, 11) is 0. The number of aliphatic hydroxyl groups excluding tert-OH is 1. The predicted molar refractivity (Wildman–Crippen MR) is 88.9 cm³/mol. The summed E-state index contributed by atoms with van der Waals surface area (Å²) in [6.45, 7) is 0. The van der Waals surface area contributed by atoms with Crippen molar-refractivity contribution < 1.29 is 31.4 Å². The van der Waals surface area contributed by atoms with Crippen molar-refractivity contribution in [3.63, 3.8) is 0 Å². The molecule has 0 fully saturated rings. The summed E-state index contributed by atoms with van der Waals surface area (Å²) in [5.74, 6) is -0.288. The van der Waals surface area contributed by atoms with Crippen LogP contribution in [0.2, 0.25) is 0 Å². The second-order valence-corrected chi connectivity index (χ2v) is 6.54. The zero-order valence-corrected chi connectivity index (χ0v) is 14.4. The fourth-order valence-electron chi connectivity index (χ4n) is 2.14. The van der Waals surface area contributed by atoms with E-state index in [-0.39, 0.29) is 5.95 Å². The van der Waals surface area contributed by atoms with E-state index in [0.717, 1.165) is 12.3 Å². The van der Waals surface area contributed by atoms with Crippen LogP contribution >= 0.6 is 11.3 Å². The van der Waals surface area contributed by atoms with Crippen molar-refractivity contribution >= 4 is 23.0 Å². The van der Waals surface area contributed by atoms with Crippen LogP contribution in [0.25, 0.3) is 10.4 Å². The number of rotatable bonds is 4. The molecular formula is C16H10F6N4OS. The highest BCUT2D eigenvalue weighted by atomic mass is 32.1. The third-order valence-corrected chi connectivity index (χ3v) is 4.52. The van der Waals surface area contributed by atoms with E-state index in [2.05, 4.69) is 20.3 Å². The molecule has 2 heterocycles. The van der Waals surface area contributed by atoms with Gasteiger partial charge in [-0.25, -0.2) is 15.0 Å². The topological polar surface area (TPSA) is 70.9 Å². The molecule has 0 saturated heterocycles. The highest BCUT2D eigenvalue weighted by Crippen LogP contribution is 2.37. The van der Waals surface area contributed by atoms with Gasteiger partial charge in [0, 0.05) is 18.1 Å². The van der Waals surface area contributed by atoms with E-state index in [1.54, 1.807) is 12.1 Å². The Balaban J connectivity index is 1.83. The smallest absolute Gasteiger partial charge is 0.377 e. The second-order valence-electron chi connectivity index (χ2n) is 5.48. The lowest BCUT2D eigenvalue weighted by Crippen LogP contribution is -2.19. The average Bonchev–Trinajstić information content (AvgIpc) is 3.10. The minimum Gasteiger partial charge on any atom is -0.377 e. The van der Waals surface area contributed by atoms with Crippen molar-refractivity contribution in [3.05, 3.63) is 53.4 Å². The van der Waals surface area contributed by atoms with Gasteiger partial charge in [-0.1, -0.05) is 12.1 Å². The number of halogens is 6. The minimum atomic E-state index is -4.83. The summed E-state index contributed by atoms with van der Waals surface area (Å²) < 4.78 is 75.9. The summed E-state index contributed by atoms with van der Waals surface area (Å²) in [5.41, 5.74) is -0.340. The van der Waals surface area contributed by atoms with Crippen LogP contribution in [0.4, 0.5) is 38.0 Å². The van der Waals surface area contributed by atoms with E-state index in [1.165, 1.54) is 18.3 Å². The molecule has 0 bridgehead atoms. The Bertz CT molecular complexity index is 972. The van der Waals surface area contributed by atoms with E-state index in [9.17, 15) is 31.4 Å². The Morgan fingerprint density at radius 1 is 1.04 bits per heavy atom. The van der Waals surface area contributed by atoms with Gasteiger partial charge >= 0.3 is 12.4 Å². The number of aliphatic hydroxyl groups is 1. The van der Waals surface area contributed by atoms with E-state index in [0.29, 0.717) is 27.5 Å². The quantitative estimate of drug-likeness (QED) is 0.584. The Kier molecular flexibility index (Phi) is 5.26. The van der Waals surface area contributed by atoms with Crippen molar-refractivity contribution in [3.8, 4) is 10.4 Å². The fourth-order valence-corrected chi connectivity index (χ4v) is 3.07. The molecule has 1 aromatic carbocycles. The monoisotopic (exact) mass is 420 g/mol. The molecule has 0 saturated carbocycles. The predicted octanol–water partition coefficient (Wildman–Crippen LogP) is 4.96. The number of thiazole rings is 1. The van der Waals surface area contributed by atoms with Gasteiger partial charge in [-0.2, -0.15) is 26.3 Å². The van der Waals surface area contributed by atoms with Crippen LogP contribution in [0.3, 0.4) is 0 Å². The van der Waals surface area contributed by atoms with Crippen molar-refractivity contribution in [2.24, 2.45) is 0 Å². The van der Waals surface area contributed by atoms with Crippen LogP contribution in [-0.2, 0) is 6.18 Å². The van der Waals surface area contributed by atoms with Gasteiger partial charge < -0.3 is 10.4 Å². The van der Waals surface area contributed by atoms with Crippen LogP contribution in [-0.4, -0.2) is 26.2 Å². The first-order chi connectivity index (χ1) is 13.0. The van der Waals surface area contributed by atoms with Gasteiger partial charge in [-0.15, -0.1) is 11.3 Å². The summed E-state index contributed by atoms with van der Waals surface area (Å²) in [5, 5.41) is 11.4. The molecule has 5 nitrogen and oxygen atoms in total. The zero-order chi connectivity index (χ0) is 20.5. The lowest BCUT2D eigenvalue weighted by molar-refractivity contribution is -0.206. The molecule has 0 aliphatic heterocycles. The molecule has 148 valence electrons. The van der Waals surface area contributed by atoms with Gasteiger partial charge in [-0.05, 0) is 23.8 Å². The number of alkyl halides is 6. The normalized spacial score (nSPS) is 13.4. The second kappa shape index (κ2) is 7.36. The maximum absolute atomic E-state index is 12.7. The fraction of sp³-hybridized carbons (Fsp3) is 0.188. The molecule has 2 N–H and O–H groups in total. The van der Waals surface area contributed by atoms with Crippen molar-refractivity contribution in [1.29, 1.82) is 0 Å². The third kappa shape index (κ3) is 4.57. The Morgan fingerprint density at radius 3 is 2.46 bits per heavy atom. The number of nitrogens with zero attached hydrogens (tertiary/aromatic N) is 3. The van der Waals surface area contributed by atoms with E-state index in [1.807, 2.05) is 0 Å². The van der Waals surface area contributed by atoms with Gasteiger partial charge in [0.2, 0.25) is 12.1 Å². The molecule has 0 aliphatic carbocycles. The summed E-state index contributed by atoms with van der Waals surface area (Å²) in [6.07, 6.45) is -10.0. The number of anilines is 2.